The fraction of sp³-hybridized carbons (Fsp3) is 0.286. The van der Waals surface area contributed by atoms with E-state index in [0.29, 0.717) is 13.0 Å². The van der Waals surface area contributed by atoms with Crippen LogP contribution in [0.1, 0.15) is 31.4 Å². The number of amides is 1. The maximum atomic E-state index is 12.3. The Bertz CT molecular complexity index is 967. The highest BCUT2D eigenvalue weighted by molar-refractivity contribution is 5.84. The first-order valence-electron chi connectivity index (χ1n) is 8.97. The van der Waals surface area contributed by atoms with E-state index in [0.717, 1.165) is 11.3 Å². The van der Waals surface area contributed by atoms with Crippen LogP contribution in [0, 0.1) is 10.1 Å². The number of rotatable bonds is 3. The molecule has 27 heavy (non-hydrogen) atoms. The molecule has 0 radical (unpaired) electrons. The second kappa shape index (κ2) is 5.94. The summed E-state index contributed by atoms with van der Waals surface area (Å²) < 4.78 is 0. The third-order valence-corrected chi connectivity index (χ3v) is 5.74. The van der Waals surface area contributed by atoms with Gasteiger partial charge in [0, 0.05) is 36.2 Å². The zero-order valence-electron chi connectivity index (χ0n) is 15.3. The van der Waals surface area contributed by atoms with Crippen molar-refractivity contribution in [1.29, 1.82) is 0 Å². The standard InChI is InChI=1S/C21H21N3O3/c1-20(2)17-8-3-4-9-18(17)23-13-11-19(25)22-21(20,23)12-10-15-6-5-7-16(14-15)24(26)27/h3-10,12,14H,11,13H2,1-2H3,(H,22,25)/b12-10+. The maximum absolute atomic E-state index is 12.3. The molecule has 1 amide bonds. The van der Waals surface area contributed by atoms with Crippen molar-refractivity contribution in [2.24, 2.45) is 0 Å². The summed E-state index contributed by atoms with van der Waals surface area (Å²) in [7, 11) is 0. The molecule has 6 nitrogen and oxygen atoms in total. The first-order valence-corrected chi connectivity index (χ1v) is 8.97. The van der Waals surface area contributed by atoms with Crippen LogP contribution in [0.5, 0.6) is 0 Å². The van der Waals surface area contributed by atoms with E-state index in [-0.39, 0.29) is 17.0 Å². The quantitative estimate of drug-likeness (QED) is 0.667. The van der Waals surface area contributed by atoms with E-state index in [1.165, 1.54) is 17.7 Å². The highest BCUT2D eigenvalue weighted by atomic mass is 16.6. The number of benzene rings is 2. The Labute approximate surface area is 157 Å². The Balaban J connectivity index is 1.82. The van der Waals surface area contributed by atoms with Gasteiger partial charge < -0.3 is 10.2 Å². The van der Waals surface area contributed by atoms with E-state index in [9.17, 15) is 14.9 Å². The van der Waals surface area contributed by atoms with Crippen LogP contribution in [0.2, 0.25) is 0 Å². The van der Waals surface area contributed by atoms with E-state index in [1.807, 2.05) is 30.4 Å². The molecule has 1 unspecified atom stereocenters. The summed E-state index contributed by atoms with van der Waals surface area (Å²) in [5, 5.41) is 14.3. The second-order valence-corrected chi connectivity index (χ2v) is 7.54. The average Bonchev–Trinajstić information content (AvgIpc) is 2.85. The predicted molar refractivity (Wildman–Crippen MR) is 104 cm³/mol. The minimum atomic E-state index is -0.712. The fourth-order valence-corrected chi connectivity index (χ4v) is 4.28. The molecule has 4 rings (SSSR count). The van der Waals surface area contributed by atoms with Crippen molar-refractivity contribution in [3.05, 3.63) is 75.8 Å². The Morgan fingerprint density at radius 2 is 1.96 bits per heavy atom. The van der Waals surface area contributed by atoms with Crippen molar-refractivity contribution < 1.29 is 9.72 Å². The number of fused-ring (bicyclic) bond motifs is 3. The second-order valence-electron chi connectivity index (χ2n) is 7.54. The lowest BCUT2D eigenvalue weighted by Crippen LogP contribution is -2.68. The number of carbonyl (C=O) groups excluding carboxylic acids is 1. The van der Waals surface area contributed by atoms with E-state index < -0.39 is 10.6 Å². The summed E-state index contributed by atoms with van der Waals surface area (Å²) in [6.07, 6.45) is 4.28. The number of nitro groups is 1. The summed E-state index contributed by atoms with van der Waals surface area (Å²) in [5.74, 6) is 0.0100. The predicted octanol–water partition coefficient (Wildman–Crippen LogP) is 3.62. The normalized spacial score (nSPS) is 23.0. The number of nitrogens with zero attached hydrogens (tertiary/aromatic N) is 2. The first kappa shape index (κ1) is 17.3. The van der Waals surface area contributed by atoms with Crippen molar-refractivity contribution in [2.45, 2.75) is 31.3 Å². The molecule has 1 saturated heterocycles. The smallest absolute Gasteiger partial charge is 0.270 e. The van der Waals surface area contributed by atoms with Gasteiger partial charge in [0.25, 0.3) is 5.69 Å². The molecule has 0 aromatic heterocycles. The number of hydrogen-bond donors (Lipinski definition) is 1. The van der Waals surface area contributed by atoms with Crippen LogP contribution in [0.15, 0.2) is 54.6 Å². The maximum Gasteiger partial charge on any atom is 0.270 e. The zero-order chi connectivity index (χ0) is 19.2. The molecule has 138 valence electrons. The van der Waals surface area contributed by atoms with E-state index in [2.05, 4.69) is 36.2 Å². The highest BCUT2D eigenvalue weighted by Gasteiger charge is 2.57. The number of anilines is 1. The van der Waals surface area contributed by atoms with Crippen LogP contribution < -0.4 is 10.2 Å². The topological polar surface area (TPSA) is 75.5 Å². The lowest BCUT2D eigenvalue weighted by atomic mass is 9.74. The lowest BCUT2D eigenvalue weighted by Gasteiger charge is -2.49. The Hall–Kier alpha value is -3.15. The van der Waals surface area contributed by atoms with Gasteiger partial charge in [-0.15, -0.1) is 0 Å². The molecule has 1 atom stereocenters. The van der Waals surface area contributed by atoms with E-state index in [4.69, 9.17) is 0 Å². The average molecular weight is 363 g/mol. The van der Waals surface area contributed by atoms with E-state index in [1.54, 1.807) is 6.07 Å². The third kappa shape index (κ3) is 2.51. The van der Waals surface area contributed by atoms with Crippen molar-refractivity contribution in [1.82, 2.24) is 5.32 Å². The zero-order valence-corrected chi connectivity index (χ0v) is 15.3. The fourth-order valence-electron chi connectivity index (χ4n) is 4.28. The van der Waals surface area contributed by atoms with Crippen LogP contribution in [-0.4, -0.2) is 23.0 Å². The number of nitrogens with one attached hydrogen (secondary N) is 1. The van der Waals surface area contributed by atoms with Crippen LogP contribution >= 0.6 is 0 Å². The molecule has 2 aromatic rings. The largest absolute Gasteiger partial charge is 0.344 e. The number of para-hydroxylation sites is 1. The van der Waals surface area contributed by atoms with Gasteiger partial charge in [-0.25, -0.2) is 0 Å². The van der Waals surface area contributed by atoms with Gasteiger partial charge in [-0.05, 0) is 23.3 Å². The molecule has 1 fully saturated rings. The van der Waals surface area contributed by atoms with Crippen molar-refractivity contribution >= 4 is 23.4 Å². The molecular weight excluding hydrogens is 342 g/mol. The van der Waals surface area contributed by atoms with Gasteiger partial charge in [0.05, 0.1) is 4.92 Å². The van der Waals surface area contributed by atoms with Gasteiger partial charge in [-0.2, -0.15) is 0 Å². The number of non-ortho nitro benzene ring substituents is 1. The van der Waals surface area contributed by atoms with Crippen molar-refractivity contribution in [2.75, 3.05) is 11.4 Å². The van der Waals surface area contributed by atoms with Crippen LogP contribution in [0.25, 0.3) is 6.08 Å². The number of hydrogen-bond acceptors (Lipinski definition) is 4. The molecule has 0 aliphatic carbocycles. The van der Waals surface area contributed by atoms with Gasteiger partial charge in [-0.3, -0.25) is 14.9 Å². The summed E-state index contributed by atoms with van der Waals surface area (Å²) in [4.78, 5) is 25.2. The Morgan fingerprint density at radius 3 is 2.74 bits per heavy atom. The molecule has 1 N–H and O–H groups in total. The van der Waals surface area contributed by atoms with Crippen LogP contribution in [0.3, 0.4) is 0 Å². The molecular formula is C21H21N3O3. The first-order chi connectivity index (χ1) is 12.8. The molecule has 2 aromatic carbocycles. The van der Waals surface area contributed by atoms with Gasteiger partial charge in [0.1, 0.15) is 5.66 Å². The molecule has 0 bridgehead atoms. The van der Waals surface area contributed by atoms with Crippen molar-refractivity contribution in [3.8, 4) is 0 Å². The van der Waals surface area contributed by atoms with Gasteiger partial charge in [0.15, 0.2) is 0 Å². The summed E-state index contributed by atoms with van der Waals surface area (Å²) in [6.45, 7) is 4.87. The Kier molecular flexibility index (Phi) is 3.80. The van der Waals surface area contributed by atoms with Gasteiger partial charge in [-0.1, -0.05) is 50.3 Å². The summed E-state index contributed by atoms with van der Waals surface area (Å²) in [5.41, 5.74) is 1.99. The molecule has 6 heteroatoms. The molecule has 2 heterocycles. The molecule has 2 aliphatic rings. The third-order valence-electron chi connectivity index (χ3n) is 5.74. The lowest BCUT2D eigenvalue weighted by molar-refractivity contribution is -0.384. The molecule has 2 aliphatic heterocycles. The van der Waals surface area contributed by atoms with Crippen LogP contribution in [0.4, 0.5) is 11.4 Å². The van der Waals surface area contributed by atoms with E-state index >= 15 is 0 Å². The summed E-state index contributed by atoms with van der Waals surface area (Å²) in [6, 6.07) is 14.7. The monoisotopic (exact) mass is 363 g/mol. The highest BCUT2D eigenvalue weighted by Crippen LogP contribution is 2.52. The van der Waals surface area contributed by atoms with Crippen molar-refractivity contribution in [3.63, 3.8) is 0 Å². The molecule has 0 saturated carbocycles. The minimum absolute atomic E-state index is 0.0100. The number of nitro benzene ring substituents is 1. The SMILES string of the molecule is CC1(C)c2ccccc2N2CCC(=O)NC21/C=C/c1cccc([N+](=O)[O-])c1. The minimum Gasteiger partial charge on any atom is -0.344 e. The Morgan fingerprint density at radius 1 is 1.19 bits per heavy atom. The number of carbonyl (C=O) groups is 1. The van der Waals surface area contributed by atoms with Crippen LogP contribution in [-0.2, 0) is 10.2 Å². The summed E-state index contributed by atoms with van der Waals surface area (Å²) >= 11 is 0. The molecule has 0 spiro atoms. The van der Waals surface area contributed by atoms with Gasteiger partial charge >= 0.3 is 0 Å². The van der Waals surface area contributed by atoms with Gasteiger partial charge in [0.2, 0.25) is 5.91 Å².